The van der Waals surface area contributed by atoms with E-state index in [0.29, 0.717) is 0 Å². The van der Waals surface area contributed by atoms with Crippen LogP contribution in [-0.4, -0.2) is 36.7 Å². The van der Waals surface area contributed by atoms with Gasteiger partial charge in [-0.2, -0.15) is 0 Å². The van der Waals surface area contributed by atoms with E-state index in [-0.39, 0.29) is 5.91 Å². The number of aromatic nitrogens is 1. The van der Waals surface area contributed by atoms with Crippen molar-refractivity contribution in [3.05, 3.63) is 36.5 Å². The van der Waals surface area contributed by atoms with Crippen molar-refractivity contribution in [2.45, 2.75) is 45.4 Å². The molecule has 0 radical (unpaired) electrons. The summed E-state index contributed by atoms with van der Waals surface area (Å²) in [7, 11) is 0. The van der Waals surface area contributed by atoms with Gasteiger partial charge in [0.15, 0.2) is 0 Å². The van der Waals surface area contributed by atoms with Crippen LogP contribution in [-0.2, 0) is 0 Å². The van der Waals surface area contributed by atoms with Gasteiger partial charge in [-0.15, -0.1) is 0 Å². The first-order valence-electron chi connectivity index (χ1n) is 10.1. The monoisotopic (exact) mass is 351 g/mol. The highest BCUT2D eigenvalue weighted by Crippen LogP contribution is 2.31. The molecule has 3 heterocycles. The molecule has 2 aliphatic heterocycles. The van der Waals surface area contributed by atoms with Gasteiger partial charge >= 0.3 is 0 Å². The first-order chi connectivity index (χ1) is 12.7. The Kier molecular flexibility index (Phi) is 5.00. The van der Waals surface area contributed by atoms with E-state index in [1.54, 1.807) is 6.92 Å². The molecule has 1 aromatic heterocycles. The molecule has 0 atom stereocenters. The van der Waals surface area contributed by atoms with E-state index in [9.17, 15) is 4.79 Å². The van der Waals surface area contributed by atoms with Gasteiger partial charge in [0.1, 0.15) is 5.82 Å². The fourth-order valence-corrected chi connectivity index (χ4v) is 4.26. The van der Waals surface area contributed by atoms with Gasteiger partial charge in [-0.25, -0.2) is 0 Å². The summed E-state index contributed by atoms with van der Waals surface area (Å²) in [5.74, 6) is 1.14. The average Bonchev–Trinajstić information content (AvgIpc) is 3.15. The Labute approximate surface area is 156 Å². The van der Waals surface area contributed by atoms with Crippen molar-refractivity contribution >= 4 is 17.4 Å². The normalized spacial score (nSPS) is 18.2. The summed E-state index contributed by atoms with van der Waals surface area (Å²) >= 11 is 0. The number of hydrogen-bond acceptors (Lipinski definition) is 3. The molecular formula is C22H29N3O. The summed E-state index contributed by atoms with van der Waals surface area (Å²) in [6.45, 7) is 6.05. The van der Waals surface area contributed by atoms with Crippen LogP contribution in [0.25, 0.3) is 11.1 Å². The van der Waals surface area contributed by atoms with Crippen molar-refractivity contribution in [1.82, 2.24) is 4.57 Å². The van der Waals surface area contributed by atoms with Crippen molar-refractivity contribution in [2.24, 2.45) is 0 Å². The van der Waals surface area contributed by atoms with Crippen LogP contribution in [0.1, 0.15) is 50.2 Å². The van der Waals surface area contributed by atoms with Crippen LogP contribution in [0.2, 0.25) is 0 Å². The Morgan fingerprint density at radius 3 is 2.12 bits per heavy atom. The van der Waals surface area contributed by atoms with E-state index >= 15 is 0 Å². The lowest BCUT2D eigenvalue weighted by Gasteiger charge is -2.29. The predicted octanol–water partition coefficient (Wildman–Crippen LogP) is 4.80. The van der Waals surface area contributed by atoms with Crippen molar-refractivity contribution in [3.63, 3.8) is 0 Å². The van der Waals surface area contributed by atoms with Crippen LogP contribution in [0, 0.1) is 0 Å². The molecule has 0 bridgehead atoms. The molecule has 0 N–H and O–H groups in total. The minimum Gasteiger partial charge on any atom is -0.372 e. The zero-order valence-corrected chi connectivity index (χ0v) is 15.8. The Bertz CT molecular complexity index is 767. The molecule has 4 rings (SSSR count). The smallest absolute Gasteiger partial charge is 0.229 e. The van der Waals surface area contributed by atoms with Gasteiger partial charge in [-0.1, -0.05) is 12.1 Å². The number of nitrogens with zero attached hydrogens (tertiary/aromatic N) is 3. The summed E-state index contributed by atoms with van der Waals surface area (Å²) in [4.78, 5) is 17.0. The van der Waals surface area contributed by atoms with Crippen molar-refractivity contribution in [1.29, 1.82) is 0 Å². The Balaban J connectivity index is 1.66. The Morgan fingerprint density at radius 1 is 0.808 bits per heavy atom. The topological polar surface area (TPSA) is 28.5 Å². The van der Waals surface area contributed by atoms with Crippen LogP contribution in [0.5, 0.6) is 0 Å². The van der Waals surface area contributed by atoms with E-state index in [2.05, 4.69) is 40.1 Å². The van der Waals surface area contributed by atoms with Gasteiger partial charge in [0.05, 0.1) is 0 Å². The minimum absolute atomic E-state index is 0.0870. The van der Waals surface area contributed by atoms with Gasteiger partial charge in [0, 0.05) is 50.6 Å². The maximum Gasteiger partial charge on any atom is 0.229 e. The minimum atomic E-state index is 0.0870. The maximum atomic E-state index is 12.2. The fourth-order valence-electron chi connectivity index (χ4n) is 4.26. The highest BCUT2D eigenvalue weighted by atomic mass is 16.1. The van der Waals surface area contributed by atoms with Crippen molar-refractivity contribution in [2.75, 3.05) is 36.0 Å². The zero-order valence-electron chi connectivity index (χ0n) is 15.8. The molecule has 2 aromatic rings. The van der Waals surface area contributed by atoms with Crippen molar-refractivity contribution in [3.8, 4) is 11.1 Å². The highest BCUT2D eigenvalue weighted by Gasteiger charge is 2.19. The second kappa shape index (κ2) is 7.56. The van der Waals surface area contributed by atoms with Crippen LogP contribution in [0.4, 0.5) is 11.5 Å². The third kappa shape index (κ3) is 3.50. The van der Waals surface area contributed by atoms with Crippen LogP contribution in [0.3, 0.4) is 0 Å². The molecular weight excluding hydrogens is 322 g/mol. The lowest BCUT2D eigenvalue weighted by Crippen LogP contribution is -2.31. The first kappa shape index (κ1) is 17.2. The summed E-state index contributed by atoms with van der Waals surface area (Å²) in [5.41, 5.74) is 3.64. The molecule has 0 aliphatic carbocycles. The number of anilines is 2. The molecule has 2 saturated heterocycles. The lowest BCUT2D eigenvalue weighted by atomic mass is 10.1. The van der Waals surface area contributed by atoms with E-state index in [1.165, 1.54) is 49.8 Å². The standard InChI is InChI=1S/C22H29N3O/c1-18(26)25-17-20(16-22(25)24-13-6-3-7-14-24)19-9-8-10-21(15-19)23-11-4-2-5-12-23/h8-10,15-17H,2-7,11-14H2,1H3. The molecule has 0 spiro atoms. The molecule has 1 aromatic carbocycles. The van der Waals surface area contributed by atoms with E-state index in [1.807, 2.05) is 10.8 Å². The number of carbonyl (C=O) groups excluding carboxylic acids is 1. The zero-order chi connectivity index (χ0) is 17.9. The van der Waals surface area contributed by atoms with Gasteiger partial charge in [-0.05, 0) is 62.3 Å². The molecule has 138 valence electrons. The third-order valence-corrected chi connectivity index (χ3v) is 5.72. The summed E-state index contributed by atoms with van der Waals surface area (Å²) < 4.78 is 1.83. The Morgan fingerprint density at radius 2 is 1.46 bits per heavy atom. The van der Waals surface area contributed by atoms with E-state index in [4.69, 9.17) is 0 Å². The molecule has 0 saturated carbocycles. The average molecular weight is 351 g/mol. The quantitative estimate of drug-likeness (QED) is 0.795. The van der Waals surface area contributed by atoms with Crippen LogP contribution in [0.15, 0.2) is 36.5 Å². The highest BCUT2D eigenvalue weighted by molar-refractivity contribution is 5.84. The second-order valence-corrected chi connectivity index (χ2v) is 7.62. The van der Waals surface area contributed by atoms with Gasteiger partial charge in [0.2, 0.25) is 5.91 Å². The molecule has 0 unspecified atom stereocenters. The van der Waals surface area contributed by atoms with Crippen LogP contribution < -0.4 is 9.80 Å². The Hall–Kier alpha value is -2.23. The summed E-state index contributed by atoms with van der Waals surface area (Å²) in [5, 5.41) is 0. The molecule has 4 heteroatoms. The molecule has 4 nitrogen and oxygen atoms in total. The lowest BCUT2D eigenvalue weighted by molar-refractivity contribution is 0.0938. The maximum absolute atomic E-state index is 12.2. The van der Waals surface area contributed by atoms with Gasteiger partial charge in [-0.3, -0.25) is 9.36 Å². The molecule has 2 fully saturated rings. The number of rotatable bonds is 3. The van der Waals surface area contributed by atoms with E-state index in [0.717, 1.165) is 37.6 Å². The summed E-state index contributed by atoms with van der Waals surface area (Å²) in [6.07, 6.45) is 9.64. The molecule has 0 amide bonds. The third-order valence-electron chi connectivity index (χ3n) is 5.72. The number of carbonyl (C=O) groups is 1. The van der Waals surface area contributed by atoms with Crippen LogP contribution >= 0.6 is 0 Å². The largest absolute Gasteiger partial charge is 0.372 e. The fraction of sp³-hybridized carbons (Fsp3) is 0.500. The predicted molar refractivity (Wildman–Crippen MR) is 108 cm³/mol. The van der Waals surface area contributed by atoms with Gasteiger partial charge in [0.25, 0.3) is 0 Å². The van der Waals surface area contributed by atoms with Gasteiger partial charge < -0.3 is 9.80 Å². The first-order valence-corrected chi connectivity index (χ1v) is 10.1. The SMILES string of the molecule is CC(=O)n1cc(-c2cccc(N3CCCCC3)c2)cc1N1CCCCC1. The number of hydrogen-bond donors (Lipinski definition) is 0. The van der Waals surface area contributed by atoms with Crippen molar-refractivity contribution < 1.29 is 4.79 Å². The summed E-state index contributed by atoms with van der Waals surface area (Å²) in [6, 6.07) is 11.0. The molecule has 26 heavy (non-hydrogen) atoms. The number of benzene rings is 1. The molecule has 2 aliphatic rings. The number of piperidine rings is 2. The van der Waals surface area contributed by atoms with E-state index < -0.39 is 0 Å². The second-order valence-electron chi connectivity index (χ2n) is 7.62.